The van der Waals surface area contributed by atoms with Gasteiger partial charge in [0.2, 0.25) is 5.91 Å². The molecule has 25 heavy (non-hydrogen) atoms. The van der Waals surface area contributed by atoms with Gasteiger partial charge in [-0.15, -0.1) is 0 Å². The van der Waals surface area contributed by atoms with E-state index in [1.54, 1.807) is 6.07 Å². The van der Waals surface area contributed by atoms with Crippen LogP contribution in [0.1, 0.15) is 15.9 Å². The van der Waals surface area contributed by atoms with Gasteiger partial charge in [0.05, 0.1) is 17.6 Å². The molecular formula is C17H13FN2O5. The van der Waals surface area contributed by atoms with Crippen LogP contribution in [0.3, 0.4) is 0 Å². The van der Waals surface area contributed by atoms with Crippen molar-refractivity contribution in [2.24, 2.45) is 0 Å². The lowest BCUT2D eigenvalue weighted by atomic mass is 10.1. The lowest BCUT2D eigenvalue weighted by Gasteiger charge is -2.06. The third-order valence-corrected chi connectivity index (χ3v) is 3.15. The molecule has 0 bridgehead atoms. The van der Waals surface area contributed by atoms with Crippen LogP contribution >= 0.6 is 0 Å². The molecule has 0 aliphatic rings. The van der Waals surface area contributed by atoms with Crippen LogP contribution in [0.15, 0.2) is 48.5 Å². The Morgan fingerprint density at radius 3 is 2.68 bits per heavy atom. The lowest BCUT2D eigenvalue weighted by molar-refractivity contribution is -0.384. The molecule has 0 saturated carbocycles. The Morgan fingerprint density at radius 2 is 2.00 bits per heavy atom. The average Bonchev–Trinajstić information content (AvgIpc) is 2.61. The molecule has 0 fully saturated rings. The third-order valence-electron chi connectivity index (χ3n) is 3.15. The Kier molecular flexibility index (Phi) is 5.57. The van der Waals surface area contributed by atoms with E-state index in [1.807, 2.05) is 0 Å². The second kappa shape index (κ2) is 7.82. The highest BCUT2D eigenvalue weighted by Gasteiger charge is 2.13. The first kappa shape index (κ1) is 17.8. The maximum absolute atomic E-state index is 13.5. The summed E-state index contributed by atoms with van der Waals surface area (Å²) in [4.78, 5) is 33.5. The minimum absolute atomic E-state index is 0.0937. The van der Waals surface area contributed by atoms with Crippen LogP contribution in [0.5, 0.6) is 0 Å². The fraction of sp³-hybridized carbons (Fsp3) is 0.0588. The average molecular weight is 344 g/mol. The molecule has 128 valence electrons. The van der Waals surface area contributed by atoms with E-state index in [-0.39, 0.29) is 16.9 Å². The molecule has 2 aromatic rings. The van der Waals surface area contributed by atoms with Gasteiger partial charge in [0.15, 0.2) is 0 Å². The van der Waals surface area contributed by atoms with Gasteiger partial charge in [-0.05, 0) is 29.8 Å². The van der Waals surface area contributed by atoms with Crippen LogP contribution in [0.25, 0.3) is 6.08 Å². The number of non-ortho nitro benzene ring substituents is 1. The van der Waals surface area contributed by atoms with Crippen molar-refractivity contribution in [2.75, 3.05) is 12.4 Å². The number of carbonyl (C=O) groups is 2. The first-order valence-corrected chi connectivity index (χ1v) is 7.02. The number of nitrogens with zero attached hydrogens (tertiary/aromatic N) is 1. The van der Waals surface area contributed by atoms with Gasteiger partial charge >= 0.3 is 5.97 Å². The summed E-state index contributed by atoms with van der Waals surface area (Å²) in [5.74, 6) is -2.17. The van der Waals surface area contributed by atoms with Gasteiger partial charge in [0.1, 0.15) is 5.82 Å². The quantitative estimate of drug-likeness (QED) is 0.389. The molecule has 0 heterocycles. The highest BCUT2D eigenvalue weighted by Crippen LogP contribution is 2.17. The first-order valence-electron chi connectivity index (χ1n) is 7.02. The minimum Gasteiger partial charge on any atom is -0.465 e. The number of benzene rings is 2. The van der Waals surface area contributed by atoms with Gasteiger partial charge in [0.25, 0.3) is 5.69 Å². The Balaban J connectivity index is 2.11. The first-order chi connectivity index (χ1) is 11.9. The summed E-state index contributed by atoms with van der Waals surface area (Å²) in [6.07, 6.45) is 2.56. The van der Waals surface area contributed by atoms with Gasteiger partial charge < -0.3 is 10.1 Å². The highest BCUT2D eigenvalue weighted by atomic mass is 19.1. The second-order valence-corrected chi connectivity index (χ2v) is 4.86. The molecule has 8 heteroatoms. The molecule has 0 atom stereocenters. The summed E-state index contributed by atoms with van der Waals surface area (Å²) in [5, 5.41) is 13.2. The van der Waals surface area contributed by atoms with Gasteiger partial charge in [-0.1, -0.05) is 12.1 Å². The monoisotopic (exact) mass is 344 g/mol. The van der Waals surface area contributed by atoms with Gasteiger partial charge in [0, 0.05) is 23.9 Å². The topological polar surface area (TPSA) is 98.5 Å². The SMILES string of the molecule is COC(=O)c1cc(NC(=O)C=Cc2cccc([N+](=O)[O-])c2)ccc1F. The van der Waals surface area contributed by atoms with Crippen molar-refractivity contribution in [3.63, 3.8) is 0 Å². The predicted molar refractivity (Wildman–Crippen MR) is 88.5 cm³/mol. The lowest BCUT2D eigenvalue weighted by Crippen LogP contribution is -2.10. The summed E-state index contributed by atoms with van der Waals surface area (Å²) < 4.78 is 18.0. The summed E-state index contributed by atoms with van der Waals surface area (Å²) in [6.45, 7) is 0. The van der Waals surface area contributed by atoms with Crippen LogP contribution < -0.4 is 5.32 Å². The fourth-order valence-electron chi connectivity index (χ4n) is 1.97. The number of rotatable bonds is 5. The predicted octanol–water partition coefficient (Wildman–Crippen LogP) is 3.17. The molecule has 0 aliphatic carbocycles. The van der Waals surface area contributed by atoms with Crippen molar-refractivity contribution in [3.05, 3.63) is 75.6 Å². The van der Waals surface area contributed by atoms with Crippen molar-refractivity contribution < 1.29 is 23.6 Å². The smallest absolute Gasteiger partial charge is 0.340 e. The van der Waals surface area contributed by atoms with E-state index in [0.717, 1.165) is 19.2 Å². The van der Waals surface area contributed by atoms with Gasteiger partial charge in [-0.25, -0.2) is 9.18 Å². The van der Waals surface area contributed by atoms with Crippen LogP contribution in [-0.4, -0.2) is 23.9 Å². The number of esters is 1. The molecule has 0 spiro atoms. The van der Waals surface area contributed by atoms with E-state index in [4.69, 9.17) is 0 Å². The summed E-state index contributed by atoms with van der Waals surface area (Å²) in [7, 11) is 1.12. The summed E-state index contributed by atoms with van der Waals surface area (Å²) in [5.41, 5.74) is 0.279. The maximum Gasteiger partial charge on any atom is 0.340 e. The van der Waals surface area contributed by atoms with Crippen LogP contribution in [0, 0.1) is 15.9 Å². The number of ether oxygens (including phenoxy) is 1. The molecule has 0 radical (unpaired) electrons. The van der Waals surface area contributed by atoms with Crippen molar-refractivity contribution in [1.29, 1.82) is 0 Å². The van der Waals surface area contributed by atoms with Crippen molar-refractivity contribution in [1.82, 2.24) is 0 Å². The number of carbonyl (C=O) groups excluding carboxylic acids is 2. The third kappa shape index (κ3) is 4.71. The largest absolute Gasteiger partial charge is 0.465 e. The molecule has 2 rings (SSSR count). The Hall–Kier alpha value is -3.55. The summed E-state index contributed by atoms with van der Waals surface area (Å²) in [6, 6.07) is 9.23. The van der Waals surface area contributed by atoms with Crippen LogP contribution in [0.2, 0.25) is 0 Å². The number of nitrogens with one attached hydrogen (secondary N) is 1. The van der Waals surface area contributed by atoms with E-state index in [0.29, 0.717) is 5.56 Å². The van der Waals surface area contributed by atoms with Crippen molar-refractivity contribution in [2.45, 2.75) is 0 Å². The number of nitro groups is 1. The number of hydrogen-bond acceptors (Lipinski definition) is 5. The zero-order valence-electron chi connectivity index (χ0n) is 13.1. The molecule has 1 N–H and O–H groups in total. The second-order valence-electron chi connectivity index (χ2n) is 4.86. The Morgan fingerprint density at radius 1 is 1.24 bits per heavy atom. The van der Waals surface area contributed by atoms with E-state index >= 15 is 0 Å². The fourth-order valence-corrected chi connectivity index (χ4v) is 1.97. The minimum atomic E-state index is -0.860. The molecule has 0 aliphatic heterocycles. The van der Waals surface area contributed by atoms with Gasteiger partial charge in [-0.3, -0.25) is 14.9 Å². The number of nitro benzene ring substituents is 1. The Bertz CT molecular complexity index is 864. The molecular weight excluding hydrogens is 331 g/mol. The summed E-state index contributed by atoms with van der Waals surface area (Å²) >= 11 is 0. The maximum atomic E-state index is 13.5. The number of methoxy groups -OCH3 is 1. The molecule has 1 amide bonds. The van der Waals surface area contributed by atoms with Crippen molar-refractivity contribution in [3.8, 4) is 0 Å². The zero-order chi connectivity index (χ0) is 18.4. The number of halogens is 1. The van der Waals surface area contributed by atoms with E-state index in [2.05, 4.69) is 10.1 Å². The number of amides is 1. The molecule has 0 unspecified atom stereocenters. The van der Waals surface area contributed by atoms with Crippen LogP contribution in [0.4, 0.5) is 15.8 Å². The highest BCUT2D eigenvalue weighted by molar-refractivity contribution is 6.02. The number of anilines is 1. The van der Waals surface area contributed by atoms with Crippen LogP contribution in [-0.2, 0) is 9.53 Å². The zero-order valence-corrected chi connectivity index (χ0v) is 13.1. The standard InChI is InChI=1S/C17H13FN2O5/c1-25-17(22)14-10-12(6-7-15(14)18)19-16(21)8-5-11-3-2-4-13(9-11)20(23)24/h2-10H,1H3,(H,19,21). The van der Waals surface area contributed by atoms with E-state index in [9.17, 15) is 24.1 Å². The molecule has 7 nitrogen and oxygen atoms in total. The van der Waals surface area contributed by atoms with E-state index < -0.39 is 22.6 Å². The van der Waals surface area contributed by atoms with E-state index in [1.165, 1.54) is 36.4 Å². The Labute approximate surface area is 141 Å². The number of hydrogen-bond donors (Lipinski definition) is 1. The molecule has 2 aromatic carbocycles. The normalized spacial score (nSPS) is 10.5. The molecule has 0 saturated heterocycles. The molecule has 0 aromatic heterocycles. The van der Waals surface area contributed by atoms with Crippen molar-refractivity contribution >= 4 is 29.3 Å². The van der Waals surface area contributed by atoms with Gasteiger partial charge in [-0.2, -0.15) is 0 Å².